The van der Waals surface area contributed by atoms with Crippen molar-refractivity contribution in [2.45, 2.75) is 4.90 Å². The van der Waals surface area contributed by atoms with Gasteiger partial charge in [0, 0.05) is 25.6 Å². The Balaban J connectivity index is 2.40. The molecular formula is C12H15NO6S. The van der Waals surface area contributed by atoms with E-state index in [9.17, 15) is 13.2 Å². The van der Waals surface area contributed by atoms with E-state index in [1.54, 1.807) is 0 Å². The molecule has 1 aliphatic rings. The first kappa shape index (κ1) is 14.8. The van der Waals surface area contributed by atoms with Crippen molar-refractivity contribution in [2.75, 3.05) is 26.8 Å². The van der Waals surface area contributed by atoms with Crippen LogP contribution in [0.25, 0.3) is 0 Å². The van der Waals surface area contributed by atoms with Gasteiger partial charge in [0.05, 0.1) is 12.7 Å². The molecule has 1 aromatic carbocycles. The second-order valence-corrected chi connectivity index (χ2v) is 6.45. The van der Waals surface area contributed by atoms with Gasteiger partial charge in [-0.2, -0.15) is 4.31 Å². The van der Waals surface area contributed by atoms with Gasteiger partial charge in [0.1, 0.15) is 10.6 Å². The molecule has 0 radical (unpaired) electrons. The number of methoxy groups -OCH3 is 1. The Labute approximate surface area is 116 Å². The molecule has 110 valence electrons. The van der Waals surface area contributed by atoms with Crippen LogP contribution in [0.4, 0.5) is 0 Å². The third-order valence-electron chi connectivity index (χ3n) is 3.21. The van der Waals surface area contributed by atoms with E-state index in [1.165, 1.54) is 23.5 Å². The molecule has 0 saturated carbocycles. The van der Waals surface area contributed by atoms with Crippen molar-refractivity contribution in [3.05, 3.63) is 23.8 Å². The molecule has 0 bridgehead atoms. The summed E-state index contributed by atoms with van der Waals surface area (Å²) in [5, 5.41) is 17.9. The highest BCUT2D eigenvalue weighted by atomic mass is 32.2. The number of benzene rings is 1. The van der Waals surface area contributed by atoms with E-state index in [0.717, 1.165) is 6.07 Å². The van der Waals surface area contributed by atoms with Crippen LogP contribution in [0.3, 0.4) is 0 Å². The van der Waals surface area contributed by atoms with Crippen LogP contribution in [0, 0.1) is 5.92 Å². The lowest BCUT2D eigenvalue weighted by Gasteiger charge is -2.37. The Hall–Kier alpha value is -1.64. The number of hydrogen-bond donors (Lipinski definition) is 2. The molecule has 1 aliphatic heterocycles. The van der Waals surface area contributed by atoms with Gasteiger partial charge in [-0.15, -0.1) is 0 Å². The molecule has 20 heavy (non-hydrogen) atoms. The fraction of sp³-hybridized carbons (Fsp3) is 0.417. The largest absolute Gasteiger partial charge is 0.495 e. The number of carbonyl (C=O) groups is 1. The fourth-order valence-electron chi connectivity index (χ4n) is 1.98. The fourth-order valence-corrected chi connectivity index (χ4v) is 3.76. The van der Waals surface area contributed by atoms with Crippen LogP contribution in [0.1, 0.15) is 10.4 Å². The van der Waals surface area contributed by atoms with Crippen LogP contribution in [0.5, 0.6) is 5.75 Å². The van der Waals surface area contributed by atoms with E-state index >= 15 is 0 Å². The average Bonchev–Trinajstić information content (AvgIpc) is 2.36. The summed E-state index contributed by atoms with van der Waals surface area (Å²) in [7, 11) is -2.49. The van der Waals surface area contributed by atoms with Gasteiger partial charge in [0.15, 0.2) is 0 Å². The molecule has 1 fully saturated rings. The number of hydrogen-bond acceptors (Lipinski definition) is 5. The summed E-state index contributed by atoms with van der Waals surface area (Å²) in [5.41, 5.74) is -0.122. The lowest BCUT2D eigenvalue weighted by molar-refractivity contribution is 0.0696. The van der Waals surface area contributed by atoms with Gasteiger partial charge in [-0.3, -0.25) is 0 Å². The standard InChI is InChI=1S/C12H15NO6S/c1-19-10-3-2-9(12(15)16)4-11(10)20(17,18)13-5-8(6-13)7-14/h2-4,8,14H,5-7H2,1H3,(H,15,16). The molecule has 0 aliphatic carbocycles. The van der Waals surface area contributed by atoms with E-state index < -0.39 is 16.0 Å². The third kappa shape index (κ3) is 2.49. The van der Waals surface area contributed by atoms with Crippen LogP contribution in [-0.2, 0) is 10.0 Å². The minimum absolute atomic E-state index is 0.0709. The molecule has 0 spiro atoms. The molecule has 2 rings (SSSR count). The van der Waals surface area contributed by atoms with Crippen LogP contribution >= 0.6 is 0 Å². The summed E-state index contributed by atoms with van der Waals surface area (Å²) in [6.45, 7) is 0.372. The first-order chi connectivity index (χ1) is 9.40. The number of nitrogens with zero attached hydrogens (tertiary/aromatic N) is 1. The number of carboxylic acids is 1. The van der Waals surface area contributed by atoms with Gasteiger partial charge in [-0.25, -0.2) is 13.2 Å². The molecule has 1 saturated heterocycles. The minimum Gasteiger partial charge on any atom is -0.495 e. The third-order valence-corrected chi connectivity index (χ3v) is 5.06. The predicted molar refractivity (Wildman–Crippen MR) is 69.3 cm³/mol. The van der Waals surface area contributed by atoms with Crippen molar-refractivity contribution < 1.29 is 28.2 Å². The summed E-state index contributed by atoms with van der Waals surface area (Å²) in [6, 6.07) is 3.69. The van der Waals surface area contributed by atoms with Gasteiger partial charge in [0.2, 0.25) is 10.0 Å². The smallest absolute Gasteiger partial charge is 0.335 e. The van der Waals surface area contributed by atoms with Crippen molar-refractivity contribution in [1.82, 2.24) is 4.31 Å². The molecule has 8 heteroatoms. The second kappa shape index (κ2) is 5.39. The van der Waals surface area contributed by atoms with Crippen molar-refractivity contribution in [3.8, 4) is 5.75 Å². The monoisotopic (exact) mass is 301 g/mol. The molecular weight excluding hydrogens is 286 g/mol. The molecule has 0 aromatic heterocycles. The number of aromatic carboxylic acids is 1. The summed E-state index contributed by atoms with van der Waals surface area (Å²) < 4.78 is 31.0. The Bertz CT molecular complexity index is 621. The Morgan fingerprint density at radius 2 is 2.10 bits per heavy atom. The lowest BCUT2D eigenvalue weighted by atomic mass is 10.1. The molecule has 1 heterocycles. The quantitative estimate of drug-likeness (QED) is 0.793. The predicted octanol–water partition coefficient (Wildman–Crippen LogP) is 0.00620. The summed E-state index contributed by atoms with van der Waals surface area (Å²) in [4.78, 5) is 10.8. The van der Waals surface area contributed by atoms with Crippen molar-refractivity contribution in [2.24, 2.45) is 5.92 Å². The van der Waals surface area contributed by atoms with Gasteiger partial charge in [-0.1, -0.05) is 0 Å². The number of carboxylic acid groups (broad SMARTS) is 1. The summed E-state index contributed by atoms with van der Waals surface area (Å²) in [6.07, 6.45) is 0. The first-order valence-electron chi connectivity index (χ1n) is 5.92. The number of sulfonamides is 1. The topological polar surface area (TPSA) is 104 Å². The van der Waals surface area contributed by atoms with Crippen LogP contribution in [-0.4, -0.2) is 55.7 Å². The zero-order chi connectivity index (χ0) is 14.9. The van der Waals surface area contributed by atoms with E-state index in [1.807, 2.05) is 0 Å². The zero-order valence-corrected chi connectivity index (χ0v) is 11.6. The normalized spacial score (nSPS) is 16.7. The van der Waals surface area contributed by atoms with Crippen LogP contribution in [0.2, 0.25) is 0 Å². The Morgan fingerprint density at radius 1 is 1.45 bits per heavy atom. The highest BCUT2D eigenvalue weighted by Crippen LogP contribution is 2.31. The van der Waals surface area contributed by atoms with E-state index in [-0.39, 0.29) is 41.8 Å². The number of ether oxygens (including phenoxy) is 1. The van der Waals surface area contributed by atoms with Crippen molar-refractivity contribution in [3.63, 3.8) is 0 Å². The Morgan fingerprint density at radius 3 is 2.60 bits per heavy atom. The van der Waals surface area contributed by atoms with Gasteiger partial charge in [0.25, 0.3) is 0 Å². The van der Waals surface area contributed by atoms with Gasteiger partial charge in [-0.05, 0) is 18.2 Å². The van der Waals surface area contributed by atoms with E-state index in [4.69, 9.17) is 14.9 Å². The highest BCUT2D eigenvalue weighted by Gasteiger charge is 2.38. The molecule has 7 nitrogen and oxygen atoms in total. The number of aliphatic hydroxyl groups is 1. The minimum atomic E-state index is -3.81. The maximum Gasteiger partial charge on any atom is 0.335 e. The molecule has 0 atom stereocenters. The second-order valence-electron chi connectivity index (χ2n) is 4.54. The maximum atomic E-state index is 12.4. The number of aliphatic hydroxyl groups excluding tert-OH is 1. The van der Waals surface area contributed by atoms with Crippen molar-refractivity contribution in [1.29, 1.82) is 0 Å². The highest BCUT2D eigenvalue weighted by molar-refractivity contribution is 7.89. The maximum absolute atomic E-state index is 12.4. The Kier molecular flexibility index (Phi) is 3.98. The lowest BCUT2D eigenvalue weighted by Crippen LogP contribution is -2.51. The first-order valence-corrected chi connectivity index (χ1v) is 7.36. The molecule has 1 aromatic rings. The van der Waals surface area contributed by atoms with Crippen LogP contribution in [0.15, 0.2) is 23.1 Å². The summed E-state index contributed by atoms with van der Waals surface area (Å²) >= 11 is 0. The molecule has 2 N–H and O–H groups in total. The summed E-state index contributed by atoms with van der Waals surface area (Å²) in [5.74, 6) is -1.18. The number of rotatable bonds is 5. The average molecular weight is 301 g/mol. The van der Waals surface area contributed by atoms with Crippen LogP contribution < -0.4 is 4.74 Å². The van der Waals surface area contributed by atoms with Crippen molar-refractivity contribution >= 4 is 16.0 Å². The SMILES string of the molecule is COc1ccc(C(=O)O)cc1S(=O)(=O)N1CC(CO)C1. The zero-order valence-electron chi connectivity index (χ0n) is 10.8. The molecule has 0 amide bonds. The van der Waals surface area contributed by atoms with E-state index in [2.05, 4.69) is 0 Å². The van der Waals surface area contributed by atoms with E-state index in [0.29, 0.717) is 0 Å². The van der Waals surface area contributed by atoms with Gasteiger partial charge >= 0.3 is 5.97 Å². The molecule has 0 unspecified atom stereocenters. The van der Waals surface area contributed by atoms with Gasteiger partial charge < -0.3 is 14.9 Å².